The molecule has 86 valence electrons. The number of rotatable bonds is 3. The van der Waals surface area contributed by atoms with Crippen LogP contribution in [0, 0.1) is 11.7 Å². The second kappa shape index (κ2) is 5.39. The average molecular weight is 224 g/mol. The summed E-state index contributed by atoms with van der Waals surface area (Å²) in [6.07, 6.45) is 0.573. The molecule has 3 nitrogen and oxygen atoms in total. The SMILES string of the molecule is CCC(C)C(=O)OC(=O)c1ccccc1F. The Morgan fingerprint density at radius 2 is 2.00 bits per heavy atom. The maximum absolute atomic E-state index is 13.2. The summed E-state index contributed by atoms with van der Waals surface area (Å²) in [5.41, 5.74) is -0.223. The molecule has 0 spiro atoms. The zero-order chi connectivity index (χ0) is 12.1. The molecule has 0 saturated heterocycles. The molecule has 0 amide bonds. The van der Waals surface area contributed by atoms with E-state index in [4.69, 9.17) is 0 Å². The van der Waals surface area contributed by atoms with Gasteiger partial charge in [0, 0.05) is 0 Å². The molecule has 1 aromatic carbocycles. The lowest BCUT2D eigenvalue weighted by atomic mass is 10.1. The number of carbonyl (C=O) groups excluding carboxylic acids is 2. The lowest BCUT2D eigenvalue weighted by molar-refractivity contribution is -0.142. The predicted octanol–water partition coefficient (Wildman–Crippen LogP) is 2.56. The molecular formula is C12H13FO3. The van der Waals surface area contributed by atoms with Gasteiger partial charge in [0.05, 0.1) is 11.5 Å². The fourth-order valence-corrected chi connectivity index (χ4v) is 1.04. The van der Waals surface area contributed by atoms with Gasteiger partial charge in [-0.3, -0.25) is 4.79 Å². The molecule has 0 fully saturated rings. The Labute approximate surface area is 93.2 Å². The first kappa shape index (κ1) is 12.4. The highest BCUT2D eigenvalue weighted by atomic mass is 19.1. The predicted molar refractivity (Wildman–Crippen MR) is 56.3 cm³/mol. The molecule has 0 aliphatic carbocycles. The number of carbonyl (C=O) groups is 2. The summed E-state index contributed by atoms with van der Waals surface area (Å²) < 4.78 is 17.7. The molecule has 0 aromatic heterocycles. The summed E-state index contributed by atoms with van der Waals surface area (Å²) in [4.78, 5) is 22.7. The molecule has 4 heteroatoms. The molecule has 0 N–H and O–H groups in total. The van der Waals surface area contributed by atoms with E-state index in [2.05, 4.69) is 4.74 Å². The molecule has 0 heterocycles. The van der Waals surface area contributed by atoms with Crippen LogP contribution in [0.2, 0.25) is 0 Å². The Kier molecular flexibility index (Phi) is 4.17. The number of ether oxygens (including phenoxy) is 1. The van der Waals surface area contributed by atoms with Crippen molar-refractivity contribution in [2.45, 2.75) is 20.3 Å². The Balaban J connectivity index is 2.74. The minimum absolute atomic E-state index is 0.223. The van der Waals surface area contributed by atoms with E-state index in [1.807, 2.05) is 0 Å². The number of esters is 2. The Morgan fingerprint density at radius 3 is 2.56 bits per heavy atom. The molecule has 0 bridgehead atoms. The van der Waals surface area contributed by atoms with Crippen molar-refractivity contribution in [3.63, 3.8) is 0 Å². The van der Waals surface area contributed by atoms with Crippen LogP contribution < -0.4 is 0 Å². The summed E-state index contributed by atoms with van der Waals surface area (Å²) in [7, 11) is 0. The molecule has 1 rings (SSSR count). The van der Waals surface area contributed by atoms with Crippen LogP contribution in [0.4, 0.5) is 4.39 Å². The largest absolute Gasteiger partial charge is 0.389 e. The highest BCUT2D eigenvalue weighted by Crippen LogP contribution is 2.10. The molecule has 0 aliphatic rings. The number of halogens is 1. The topological polar surface area (TPSA) is 43.4 Å². The highest BCUT2D eigenvalue weighted by Gasteiger charge is 2.19. The zero-order valence-corrected chi connectivity index (χ0v) is 9.20. The molecule has 0 aliphatic heterocycles. The summed E-state index contributed by atoms with van der Waals surface area (Å²) in [6, 6.07) is 5.39. The van der Waals surface area contributed by atoms with Crippen LogP contribution in [0.25, 0.3) is 0 Å². The maximum Gasteiger partial charge on any atom is 0.348 e. The molecule has 1 aromatic rings. The second-order valence-electron chi connectivity index (χ2n) is 3.50. The fraction of sp³-hybridized carbons (Fsp3) is 0.333. The third kappa shape index (κ3) is 2.89. The van der Waals surface area contributed by atoms with Crippen molar-refractivity contribution < 1.29 is 18.7 Å². The van der Waals surface area contributed by atoms with E-state index in [-0.39, 0.29) is 11.5 Å². The van der Waals surface area contributed by atoms with Crippen molar-refractivity contribution in [2.24, 2.45) is 5.92 Å². The standard InChI is InChI=1S/C12H13FO3/c1-3-8(2)11(14)16-12(15)9-6-4-5-7-10(9)13/h4-8H,3H2,1-2H3. The monoisotopic (exact) mass is 224 g/mol. The van der Waals surface area contributed by atoms with E-state index in [9.17, 15) is 14.0 Å². The highest BCUT2D eigenvalue weighted by molar-refractivity contribution is 5.97. The summed E-state index contributed by atoms with van der Waals surface area (Å²) in [6.45, 7) is 3.45. The van der Waals surface area contributed by atoms with Crippen molar-refractivity contribution in [1.29, 1.82) is 0 Å². The normalized spacial score (nSPS) is 11.9. The van der Waals surface area contributed by atoms with Crippen LogP contribution in [0.3, 0.4) is 0 Å². The second-order valence-corrected chi connectivity index (χ2v) is 3.50. The zero-order valence-electron chi connectivity index (χ0n) is 9.20. The Bertz CT molecular complexity index is 401. The van der Waals surface area contributed by atoms with E-state index in [0.29, 0.717) is 6.42 Å². The molecule has 1 atom stereocenters. The number of hydrogen-bond donors (Lipinski definition) is 0. The molecule has 1 unspecified atom stereocenters. The van der Waals surface area contributed by atoms with Crippen LogP contribution >= 0.6 is 0 Å². The summed E-state index contributed by atoms with van der Waals surface area (Å²) >= 11 is 0. The lowest BCUT2D eigenvalue weighted by Gasteiger charge is -2.07. The van der Waals surface area contributed by atoms with Gasteiger partial charge in [0.25, 0.3) is 0 Å². The van der Waals surface area contributed by atoms with Gasteiger partial charge in [-0.05, 0) is 18.6 Å². The third-order valence-electron chi connectivity index (χ3n) is 2.30. The fourth-order valence-electron chi connectivity index (χ4n) is 1.04. The maximum atomic E-state index is 13.2. The Morgan fingerprint density at radius 1 is 1.38 bits per heavy atom. The van der Waals surface area contributed by atoms with Crippen molar-refractivity contribution >= 4 is 11.9 Å². The van der Waals surface area contributed by atoms with Crippen LogP contribution in [-0.4, -0.2) is 11.9 Å². The number of hydrogen-bond acceptors (Lipinski definition) is 3. The molecule has 16 heavy (non-hydrogen) atoms. The minimum Gasteiger partial charge on any atom is -0.389 e. The van der Waals surface area contributed by atoms with Gasteiger partial charge < -0.3 is 4.74 Å². The Hall–Kier alpha value is -1.71. The van der Waals surface area contributed by atoms with Gasteiger partial charge in [-0.1, -0.05) is 26.0 Å². The smallest absolute Gasteiger partial charge is 0.348 e. The molecular weight excluding hydrogens is 211 g/mol. The van der Waals surface area contributed by atoms with Crippen LogP contribution in [0.15, 0.2) is 24.3 Å². The molecule has 0 saturated carbocycles. The van der Waals surface area contributed by atoms with Gasteiger partial charge >= 0.3 is 11.9 Å². The average Bonchev–Trinajstić information content (AvgIpc) is 2.28. The van der Waals surface area contributed by atoms with E-state index in [0.717, 1.165) is 6.07 Å². The van der Waals surface area contributed by atoms with Gasteiger partial charge in [0.15, 0.2) is 0 Å². The lowest BCUT2D eigenvalue weighted by Crippen LogP contribution is -2.19. The minimum atomic E-state index is -0.941. The van der Waals surface area contributed by atoms with Gasteiger partial charge in [0.1, 0.15) is 5.82 Å². The van der Waals surface area contributed by atoms with E-state index < -0.39 is 17.8 Å². The first-order valence-corrected chi connectivity index (χ1v) is 5.06. The first-order valence-electron chi connectivity index (χ1n) is 5.06. The number of benzene rings is 1. The van der Waals surface area contributed by atoms with Crippen LogP contribution in [0.1, 0.15) is 30.6 Å². The quantitative estimate of drug-likeness (QED) is 0.585. The van der Waals surface area contributed by atoms with Crippen molar-refractivity contribution in [1.82, 2.24) is 0 Å². The van der Waals surface area contributed by atoms with Gasteiger partial charge in [0.2, 0.25) is 0 Å². The van der Waals surface area contributed by atoms with Gasteiger partial charge in [-0.15, -0.1) is 0 Å². The third-order valence-corrected chi connectivity index (χ3v) is 2.30. The van der Waals surface area contributed by atoms with Gasteiger partial charge in [-0.2, -0.15) is 0 Å². The summed E-state index contributed by atoms with van der Waals surface area (Å²) in [5.74, 6) is -2.63. The van der Waals surface area contributed by atoms with Crippen LogP contribution in [-0.2, 0) is 9.53 Å². The van der Waals surface area contributed by atoms with Gasteiger partial charge in [-0.25, -0.2) is 9.18 Å². The van der Waals surface area contributed by atoms with E-state index in [1.165, 1.54) is 18.2 Å². The molecule has 0 radical (unpaired) electrons. The van der Waals surface area contributed by atoms with Crippen molar-refractivity contribution in [3.05, 3.63) is 35.6 Å². The van der Waals surface area contributed by atoms with Crippen LogP contribution in [0.5, 0.6) is 0 Å². The van der Waals surface area contributed by atoms with E-state index in [1.54, 1.807) is 13.8 Å². The first-order chi connectivity index (χ1) is 7.56. The van der Waals surface area contributed by atoms with Crippen molar-refractivity contribution in [2.75, 3.05) is 0 Å². The van der Waals surface area contributed by atoms with E-state index >= 15 is 0 Å². The van der Waals surface area contributed by atoms with Crippen molar-refractivity contribution in [3.8, 4) is 0 Å². The summed E-state index contributed by atoms with van der Waals surface area (Å²) in [5, 5.41) is 0.